The van der Waals surface area contributed by atoms with E-state index in [0.29, 0.717) is 0 Å². The number of fused-ring (bicyclic) bond motifs is 12. The molecule has 0 atom stereocenters. The Morgan fingerprint density at radius 1 is 0.319 bits per heavy atom. The fraction of sp³-hybridized carbons (Fsp3) is 0.0909. The Kier molecular flexibility index (Phi) is 8.38. The van der Waals surface area contributed by atoms with Crippen molar-refractivity contribution >= 4 is 60.9 Å². The first-order valence-corrected chi connectivity index (χ1v) is 24.1. The van der Waals surface area contributed by atoms with Crippen LogP contribution in [0.5, 0.6) is 0 Å². The van der Waals surface area contributed by atoms with Gasteiger partial charge in [0.05, 0.1) is 0 Å². The van der Waals surface area contributed by atoms with Gasteiger partial charge in [0.25, 0.3) is 0 Å². The Labute approximate surface area is 401 Å². The molecular formula is C66H47NO2. The zero-order valence-electron chi connectivity index (χ0n) is 39.0. The van der Waals surface area contributed by atoms with Gasteiger partial charge in [0, 0.05) is 55.0 Å². The molecule has 2 heterocycles. The molecule has 0 N–H and O–H groups in total. The first-order chi connectivity index (χ1) is 33.7. The molecule has 0 aliphatic heterocycles. The topological polar surface area (TPSA) is 29.5 Å². The lowest BCUT2D eigenvalue weighted by Crippen LogP contribution is -2.16. The molecule has 0 unspecified atom stereocenters. The fourth-order valence-electron chi connectivity index (χ4n) is 11.9. The molecule has 2 aliphatic carbocycles. The number of anilines is 3. The van der Waals surface area contributed by atoms with Gasteiger partial charge in [0.15, 0.2) is 0 Å². The average molecular weight is 886 g/mol. The Bertz CT molecular complexity index is 4050. The maximum atomic E-state index is 7.11. The highest BCUT2D eigenvalue weighted by atomic mass is 16.3. The molecule has 0 fully saturated rings. The highest BCUT2D eigenvalue weighted by molar-refractivity contribution is 6.23. The zero-order valence-corrected chi connectivity index (χ0v) is 39.0. The number of para-hydroxylation sites is 1. The van der Waals surface area contributed by atoms with Crippen LogP contribution < -0.4 is 4.90 Å². The quantitative estimate of drug-likeness (QED) is 0.167. The predicted octanol–water partition coefficient (Wildman–Crippen LogP) is 18.6. The predicted molar refractivity (Wildman–Crippen MR) is 287 cm³/mol. The molecule has 2 aliphatic rings. The van der Waals surface area contributed by atoms with Crippen molar-refractivity contribution in [2.45, 2.75) is 38.5 Å². The highest BCUT2D eigenvalue weighted by Crippen LogP contribution is 2.53. The maximum absolute atomic E-state index is 7.11. The normalized spacial score (nSPS) is 14.0. The standard InChI is InChI=1S/C66H47NO2/c1-65(2)55-19-11-8-16-48(55)50-33-27-44(36-57(50)65)62-63-53-18-10-13-21-59(53)68-61(63)39-54-52-34-26-43(37-60(52)69-64(54)62)42-24-30-46(31-25-42)67(45-28-22-41(23-29-45)40-14-6-5-7-15-40)47-32-35-51-49-17-9-12-20-56(49)66(3,4)58(51)38-47/h5-39H,1-4H3. The van der Waals surface area contributed by atoms with Crippen molar-refractivity contribution in [3.05, 3.63) is 235 Å². The lowest BCUT2D eigenvalue weighted by atomic mass is 9.81. The van der Waals surface area contributed by atoms with Crippen LogP contribution in [0.4, 0.5) is 17.1 Å². The van der Waals surface area contributed by atoms with Crippen LogP contribution in [0.25, 0.3) is 99.5 Å². The minimum atomic E-state index is -0.138. The fourth-order valence-corrected chi connectivity index (χ4v) is 11.9. The van der Waals surface area contributed by atoms with Crippen molar-refractivity contribution in [2.24, 2.45) is 0 Å². The van der Waals surface area contributed by atoms with E-state index in [1.807, 2.05) is 6.07 Å². The van der Waals surface area contributed by atoms with E-state index in [-0.39, 0.29) is 10.8 Å². The van der Waals surface area contributed by atoms with Crippen molar-refractivity contribution in [3.63, 3.8) is 0 Å². The minimum Gasteiger partial charge on any atom is -0.456 e. The van der Waals surface area contributed by atoms with E-state index in [4.69, 9.17) is 8.83 Å². The van der Waals surface area contributed by atoms with Crippen molar-refractivity contribution < 1.29 is 8.83 Å². The Morgan fingerprint density at radius 3 is 1.54 bits per heavy atom. The zero-order chi connectivity index (χ0) is 46.2. The van der Waals surface area contributed by atoms with E-state index in [9.17, 15) is 0 Å². The molecule has 3 heteroatoms. The van der Waals surface area contributed by atoms with Gasteiger partial charge in [0.1, 0.15) is 22.3 Å². The van der Waals surface area contributed by atoms with E-state index in [0.717, 1.165) is 83.2 Å². The Hall–Kier alpha value is -8.40. The number of hydrogen-bond acceptors (Lipinski definition) is 3. The second kappa shape index (κ2) is 14.6. The molecule has 0 amide bonds. The molecule has 0 bridgehead atoms. The monoisotopic (exact) mass is 885 g/mol. The molecule has 69 heavy (non-hydrogen) atoms. The van der Waals surface area contributed by atoms with E-state index < -0.39 is 0 Å². The van der Waals surface area contributed by atoms with E-state index in [2.05, 4.69) is 239 Å². The number of hydrogen-bond donors (Lipinski definition) is 0. The smallest absolute Gasteiger partial charge is 0.144 e. The van der Waals surface area contributed by atoms with Crippen LogP contribution in [0, 0.1) is 0 Å². The summed E-state index contributed by atoms with van der Waals surface area (Å²) in [7, 11) is 0. The third-order valence-electron chi connectivity index (χ3n) is 15.5. The van der Waals surface area contributed by atoms with E-state index >= 15 is 0 Å². The third-order valence-corrected chi connectivity index (χ3v) is 15.5. The first kappa shape index (κ1) is 39.7. The summed E-state index contributed by atoms with van der Waals surface area (Å²) in [4.78, 5) is 2.39. The van der Waals surface area contributed by atoms with E-state index in [1.165, 1.54) is 55.6 Å². The minimum absolute atomic E-state index is 0.118. The van der Waals surface area contributed by atoms with Gasteiger partial charge in [-0.05, 0) is 139 Å². The molecule has 0 saturated carbocycles. The van der Waals surface area contributed by atoms with Gasteiger partial charge in [0.2, 0.25) is 0 Å². The molecule has 14 rings (SSSR count). The summed E-state index contributed by atoms with van der Waals surface area (Å²) in [6, 6.07) is 77.4. The van der Waals surface area contributed by atoms with Gasteiger partial charge in [-0.2, -0.15) is 0 Å². The SMILES string of the molecule is CC1(C)c2ccccc2-c2ccc(-c3c4oc5cc(-c6ccc(N(c7ccc(-c8ccccc8)cc7)c7ccc8c(c7)C(C)(C)c7ccccc7-8)cc6)ccc5c4cc4oc5ccccc5c34)cc21. The van der Waals surface area contributed by atoms with Crippen LogP contribution >= 0.6 is 0 Å². The third kappa shape index (κ3) is 5.87. The van der Waals surface area contributed by atoms with E-state index in [1.54, 1.807) is 0 Å². The summed E-state index contributed by atoms with van der Waals surface area (Å²) in [6.07, 6.45) is 0. The Morgan fingerprint density at radius 2 is 0.841 bits per heavy atom. The van der Waals surface area contributed by atoms with Gasteiger partial charge in [-0.3, -0.25) is 0 Å². The summed E-state index contributed by atoms with van der Waals surface area (Å²) < 4.78 is 13.7. The van der Waals surface area contributed by atoms with Crippen LogP contribution in [-0.2, 0) is 10.8 Å². The van der Waals surface area contributed by atoms with Crippen molar-refractivity contribution in [2.75, 3.05) is 4.90 Å². The summed E-state index contributed by atoms with van der Waals surface area (Å²) in [5.74, 6) is 0. The van der Waals surface area contributed by atoms with Crippen LogP contribution in [0.3, 0.4) is 0 Å². The molecule has 0 radical (unpaired) electrons. The number of benzene rings is 10. The Balaban J connectivity index is 0.881. The average Bonchev–Trinajstić information content (AvgIpc) is 4.08. The lowest BCUT2D eigenvalue weighted by Gasteiger charge is -2.28. The summed E-state index contributed by atoms with van der Waals surface area (Å²) >= 11 is 0. The molecule has 328 valence electrons. The number of rotatable bonds is 6. The van der Waals surface area contributed by atoms with Gasteiger partial charge in [-0.1, -0.05) is 173 Å². The molecule has 10 aromatic carbocycles. The molecule has 2 aromatic heterocycles. The van der Waals surface area contributed by atoms with Crippen LogP contribution in [0.1, 0.15) is 49.9 Å². The summed E-state index contributed by atoms with van der Waals surface area (Å²) in [5, 5.41) is 4.28. The second-order valence-electron chi connectivity index (χ2n) is 20.0. The van der Waals surface area contributed by atoms with Gasteiger partial charge < -0.3 is 13.7 Å². The lowest BCUT2D eigenvalue weighted by molar-refractivity contribution is 0.660. The van der Waals surface area contributed by atoms with Crippen LogP contribution in [-0.4, -0.2) is 0 Å². The van der Waals surface area contributed by atoms with Crippen LogP contribution in [0.15, 0.2) is 221 Å². The van der Waals surface area contributed by atoms with Crippen molar-refractivity contribution in [3.8, 4) is 55.6 Å². The summed E-state index contributed by atoms with van der Waals surface area (Å²) in [5.41, 5.74) is 24.0. The van der Waals surface area contributed by atoms with Crippen molar-refractivity contribution in [1.82, 2.24) is 0 Å². The highest BCUT2D eigenvalue weighted by Gasteiger charge is 2.37. The molecule has 3 nitrogen and oxygen atoms in total. The number of furan rings is 2. The molecular weight excluding hydrogens is 839 g/mol. The maximum Gasteiger partial charge on any atom is 0.144 e. The van der Waals surface area contributed by atoms with Gasteiger partial charge >= 0.3 is 0 Å². The second-order valence-corrected chi connectivity index (χ2v) is 20.0. The molecule has 0 spiro atoms. The van der Waals surface area contributed by atoms with Crippen molar-refractivity contribution in [1.29, 1.82) is 0 Å². The molecule has 0 saturated heterocycles. The van der Waals surface area contributed by atoms with Gasteiger partial charge in [-0.25, -0.2) is 0 Å². The largest absolute Gasteiger partial charge is 0.456 e. The molecule has 12 aromatic rings. The van der Waals surface area contributed by atoms with Crippen LogP contribution in [0.2, 0.25) is 0 Å². The first-order valence-electron chi connectivity index (χ1n) is 24.1. The van der Waals surface area contributed by atoms with Gasteiger partial charge in [-0.15, -0.1) is 0 Å². The summed E-state index contributed by atoms with van der Waals surface area (Å²) in [6.45, 7) is 9.38. The number of nitrogens with zero attached hydrogens (tertiary/aromatic N) is 1.